The molecule has 0 unspecified atom stereocenters. The van der Waals surface area contributed by atoms with Crippen LogP contribution in [0.4, 0.5) is 0 Å². The molecule has 11 nitrogen and oxygen atoms in total. The van der Waals surface area contributed by atoms with E-state index < -0.39 is 29.8 Å². The lowest BCUT2D eigenvalue weighted by atomic mass is 9.82. The first kappa shape index (κ1) is 31.1. The third-order valence-corrected chi connectivity index (χ3v) is 7.53. The highest BCUT2D eigenvalue weighted by Crippen LogP contribution is 2.28. The maximum absolute atomic E-state index is 13.9. The predicted molar refractivity (Wildman–Crippen MR) is 160 cm³/mol. The second-order valence-corrected chi connectivity index (χ2v) is 10.6. The van der Waals surface area contributed by atoms with Gasteiger partial charge in [0.2, 0.25) is 17.7 Å². The van der Waals surface area contributed by atoms with E-state index in [-0.39, 0.29) is 30.0 Å². The molecule has 0 aliphatic heterocycles. The summed E-state index contributed by atoms with van der Waals surface area (Å²) in [5, 5.41) is 13.5. The number of nitrogens with zero attached hydrogens (tertiary/aromatic N) is 1. The number of aliphatic imine (C=N–C) groups is 1. The molecule has 1 aliphatic rings. The van der Waals surface area contributed by atoms with E-state index in [4.69, 9.17) is 28.3 Å². The summed E-state index contributed by atoms with van der Waals surface area (Å²) in [5.74, 6) is -2.06. The smallest absolute Gasteiger partial charge is 0.243 e. The zero-order valence-corrected chi connectivity index (χ0v) is 23.4. The zero-order valence-electron chi connectivity index (χ0n) is 23.4. The van der Waals surface area contributed by atoms with Gasteiger partial charge in [0.1, 0.15) is 17.9 Å². The number of hydrogen-bond acceptors (Lipinski definition) is 5. The maximum atomic E-state index is 13.9. The van der Waals surface area contributed by atoms with Crippen LogP contribution in [0.1, 0.15) is 67.6 Å². The van der Waals surface area contributed by atoms with Crippen LogP contribution in [0.25, 0.3) is 0 Å². The lowest BCUT2D eigenvalue weighted by Gasteiger charge is -2.32. The number of carbonyl (C=O) groups is 3. The summed E-state index contributed by atoms with van der Waals surface area (Å²) < 4.78 is 0. The quantitative estimate of drug-likeness (QED) is 0.102. The third-order valence-electron chi connectivity index (χ3n) is 7.53. The first-order valence-electron chi connectivity index (χ1n) is 14.1. The first-order chi connectivity index (χ1) is 19.7. The summed E-state index contributed by atoms with van der Waals surface area (Å²) in [6, 6.07) is 14.9. The Morgan fingerprint density at radius 3 is 2.12 bits per heavy atom. The van der Waals surface area contributed by atoms with Crippen molar-refractivity contribution in [2.75, 3.05) is 6.54 Å². The van der Waals surface area contributed by atoms with Gasteiger partial charge in [-0.2, -0.15) is 0 Å². The van der Waals surface area contributed by atoms with Crippen LogP contribution in [0.3, 0.4) is 0 Å². The second-order valence-electron chi connectivity index (χ2n) is 10.6. The molecule has 0 bridgehead atoms. The molecule has 11 heteroatoms. The van der Waals surface area contributed by atoms with Gasteiger partial charge in [0.05, 0.1) is 5.92 Å². The second kappa shape index (κ2) is 15.4. The molecule has 1 fully saturated rings. The van der Waals surface area contributed by atoms with Crippen molar-refractivity contribution in [1.29, 1.82) is 5.41 Å². The average Bonchev–Trinajstić information content (AvgIpc) is 2.96. The molecule has 11 N–H and O–H groups in total. The molecule has 0 heterocycles. The van der Waals surface area contributed by atoms with Gasteiger partial charge in [-0.3, -0.25) is 24.8 Å². The standard InChI is InChI=1S/C30H42N8O3/c31-26(32)22-15-13-19(14-16-22)18-23(20-8-3-1-4-9-20)28(40)38-25(21-10-5-2-6-11-21)29(41)37-24(27(33)39)12-7-17-36-30(34)35/h1,3-4,8-9,13-16,21,23-25H,2,5-7,10-12,17-18H2,(H3,31,32)(H2,33,39)(H,37,41)(H,38,40)(H4,34,35,36)/t23-,24+,25+/m1/s1. The van der Waals surface area contributed by atoms with E-state index in [1.54, 1.807) is 12.1 Å². The van der Waals surface area contributed by atoms with Gasteiger partial charge in [-0.25, -0.2) is 0 Å². The number of primary amides is 1. The molecule has 1 aliphatic carbocycles. The van der Waals surface area contributed by atoms with Gasteiger partial charge in [-0.05, 0) is 49.1 Å². The summed E-state index contributed by atoms with van der Waals surface area (Å²) in [4.78, 5) is 43.6. The van der Waals surface area contributed by atoms with Crippen LogP contribution in [0.5, 0.6) is 0 Å². The van der Waals surface area contributed by atoms with Crippen molar-refractivity contribution < 1.29 is 14.4 Å². The molecule has 220 valence electrons. The highest BCUT2D eigenvalue weighted by atomic mass is 16.2. The number of nitrogens with two attached hydrogens (primary N) is 4. The summed E-state index contributed by atoms with van der Waals surface area (Å²) in [6.07, 6.45) is 5.72. The first-order valence-corrected chi connectivity index (χ1v) is 14.1. The molecule has 1 saturated carbocycles. The zero-order chi connectivity index (χ0) is 29.8. The van der Waals surface area contributed by atoms with Crippen molar-refractivity contribution in [2.24, 2.45) is 33.8 Å². The Kier molecular flexibility index (Phi) is 11.7. The number of amidine groups is 1. The normalized spacial score (nSPS) is 15.6. The molecule has 2 aromatic rings. The van der Waals surface area contributed by atoms with Crippen LogP contribution < -0.4 is 33.6 Å². The minimum Gasteiger partial charge on any atom is -0.384 e. The number of amides is 3. The topological polar surface area (TPSA) is 216 Å². The fourth-order valence-electron chi connectivity index (χ4n) is 5.27. The largest absolute Gasteiger partial charge is 0.384 e. The SMILES string of the molecule is N=C(N)c1ccc(C[C@@H](C(=O)N[C@H](C(=O)N[C@@H](CCCN=C(N)N)C(N)=O)C2CCCCC2)c2ccccc2)cc1. The number of rotatable bonds is 14. The number of carbonyl (C=O) groups excluding carboxylic acids is 3. The number of benzene rings is 2. The van der Waals surface area contributed by atoms with E-state index in [2.05, 4.69) is 15.6 Å². The van der Waals surface area contributed by atoms with E-state index in [1.165, 1.54) is 0 Å². The minimum absolute atomic E-state index is 0.0271. The Morgan fingerprint density at radius 1 is 0.878 bits per heavy atom. The van der Waals surface area contributed by atoms with Crippen molar-refractivity contribution in [2.45, 2.75) is 69.4 Å². The Labute approximate surface area is 241 Å². The van der Waals surface area contributed by atoms with Crippen LogP contribution >= 0.6 is 0 Å². The highest BCUT2D eigenvalue weighted by Gasteiger charge is 2.35. The van der Waals surface area contributed by atoms with Gasteiger partial charge in [-0.1, -0.05) is 73.9 Å². The van der Waals surface area contributed by atoms with Gasteiger partial charge >= 0.3 is 0 Å². The fourth-order valence-corrected chi connectivity index (χ4v) is 5.27. The van der Waals surface area contributed by atoms with Crippen LogP contribution in [-0.4, -0.2) is 48.1 Å². The number of hydrogen-bond donors (Lipinski definition) is 7. The molecule has 41 heavy (non-hydrogen) atoms. The van der Waals surface area contributed by atoms with E-state index in [0.29, 0.717) is 24.9 Å². The summed E-state index contributed by atoms with van der Waals surface area (Å²) in [6.45, 7) is 0.303. The van der Waals surface area contributed by atoms with Gasteiger partial charge < -0.3 is 33.6 Å². The highest BCUT2D eigenvalue weighted by molar-refractivity contribution is 5.95. The lowest BCUT2D eigenvalue weighted by Crippen LogP contribution is -2.56. The fraction of sp³-hybridized carbons (Fsp3) is 0.433. The van der Waals surface area contributed by atoms with E-state index in [1.807, 2.05) is 42.5 Å². The van der Waals surface area contributed by atoms with Crippen molar-refractivity contribution in [3.8, 4) is 0 Å². The van der Waals surface area contributed by atoms with E-state index in [9.17, 15) is 14.4 Å². The van der Waals surface area contributed by atoms with Crippen molar-refractivity contribution >= 4 is 29.5 Å². The third kappa shape index (κ3) is 9.63. The van der Waals surface area contributed by atoms with Gasteiger partial charge in [0.15, 0.2) is 5.96 Å². The Morgan fingerprint density at radius 2 is 1.54 bits per heavy atom. The lowest BCUT2D eigenvalue weighted by molar-refractivity contribution is -0.133. The van der Waals surface area contributed by atoms with Crippen molar-refractivity contribution in [3.05, 3.63) is 71.3 Å². The van der Waals surface area contributed by atoms with Gasteiger partial charge in [-0.15, -0.1) is 0 Å². The molecule has 0 aromatic heterocycles. The van der Waals surface area contributed by atoms with Crippen molar-refractivity contribution in [1.82, 2.24) is 10.6 Å². The van der Waals surface area contributed by atoms with Crippen LogP contribution in [0, 0.1) is 11.3 Å². The number of nitrogen functional groups attached to an aromatic ring is 1. The molecule has 3 amide bonds. The molecule has 0 radical (unpaired) electrons. The van der Waals surface area contributed by atoms with E-state index in [0.717, 1.165) is 43.2 Å². The van der Waals surface area contributed by atoms with Crippen LogP contribution in [0.15, 0.2) is 59.6 Å². The molecule has 3 atom stereocenters. The maximum Gasteiger partial charge on any atom is 0.243 e. The monoisotopic (exact) mass is 562 g/mol. The summed E-state index contributed by atoms with van der Waals surface area (Å²) in [7, 11) is 0. The molecule has 0 spiro atoms. The van der Waals surface area contributed by atoms with E-state index >= 15 is 0 Å². The van der Waals surface area contributed by atoms with Crippen molar-refractivity contribution in [3.63, 3.8) is 0 Å². The van der Waals surface area contributed by atoms with Crippen LogP contribution in [-0.2, 0) is 20.8 Å². The Balaban J connectivity index is 1.81. The Bertz CT molecular complexity index is 1210. The average molecular weight is 563 g/mol. The number of guanidine groups is 1. The minimum atomic E-state index is -0.913. The Hall–Kier alpha value is -4.41. The summed E-state index contributed by atoms with van der Waals surface area (Å²) in [5.41, 5.74) is 24.2. The predicted octanol–water partition coefficient (Wildman–Crippen LogP) is 1.39. The summed E-state index contributed by atoms with van der Waals surface area (Å²) >= 11 is 0. The number of nitrogens with one attached hydrogen (secondary N) is 3. The molecule has 3 rings (SSSR count). The van der Waals surface area contributed by atoms with Gasteiger partial charge in [0, 0.05) is 12.1 Å². The molecule has 2 aromatic carbocycles. The molecular weight excluding hydrogens is 520 g/mol. The molecule has 0 saturated heterocycles. The molecular formula is C30H42N8O3. The van der Waals surface area contributed by atoms with Crippen LogP contribution in [0.2, 0.25) is 0 Å². The van der Waals surface area contributed by atoms with Gasteiger partial charge in [0.25, 0.3) is 0 Å².